The first kappa shape index (κ1) is 20.5. The van der Waals surface area contributed by atoms with E-state index in [-0.39, 0.29) is 33.9 Å². The van der Waals surface area contributed by atoms with Crippen LogP contribution in [0.2, 0.25) is 0 Å². The van der Waals surface area contributed by atoms with E-state index >= 15 is 0 Å². The average molecular weight is 450 g/mol. The molecule has 0 saturated carbocycles. The third-order valence-electron chi connectivity index (χ3n) is 6.21. The molecule has 2 bridgehead atoms. The summed E-state index contributed by atoms with van der Waals surface area (Å²) in [5, 5.41) is 0. The molecule has 32 heavy (non-hydrogen) atoms. The van der Waals surface area contributed by atoms with E-state index in [1.165, 1.54) is 18.2 Å². The smallest absolute Gasteiger partial charge is 0.275 e. The Bertz CT molecular complexity index is 1320. The van der Waals surface area contributed by atoms with Crippen LogP contribution in [0, 0.1) is 5.92 Å². The van der Waals surface area contributed by atoms with Crippen LogP contribution in [0.3, 0.4) is 0 Å². The molecule has 5 rings (SSSR count). The second-order valence-corrected chi connectivity index (χ2v) is 10.1. The number of likely N-dealkylation sites (tertiary alicyclic amines) is 1. The van der Waals surface area contributed by atoms with Crippen LogP contribution >= 0.6 is 0 Å². The summed E-state index contributed by atoms with van der Waals surface area (Å²) in [4.78, 5) is 28.1. The first-order valence-electron chi connectivity index (χ1n) is 10.6. The Morgan fingerprint density at radius 3 is 2.28 bits per heavy atom. The van der Waals surface area contributed by atoms with Crippen molar-refractivity contribution in [1.29, 1.82) is 0 Å². The summed E-state index contributed by atoms with van der Waals surface area (Å²) in [5.74, 6) is 0.193. The highest BCUT2D eigenvalue weighted by atomic mass is 32.2. The number of sulfonamides is 1. The van der Waals surface area contributed by atoms with Gasteiger partial charge in [0.25, 0.3) is 21.5 Å². The minimum atomic E-state index is -3.85. The fourth-order valence-corrected chi connectivity index (χ4v) is 5.83. The van der Waals surface area contributed by atoms with Crippen molar-refractivity contribution in [2.24, 2.45) is 5.92 Å². The number of rotatable bonds is 4. The standard InChI is InChI=1S/C24H23N3O4S/c28-23(18-7-3-1-4-8-18)26-14-17-13-19(16-26)22-12-11-21(24(29)27(22)15-17)25-32(30,31)20-9-5-2-6-10-20/h1-12,17,19,25H,13-16H2. The molecule has 164 valence electrons. The Kier molecular flexibility index (Phi) is 5.09. The number of carbonyl (C=O) groups is 1. The molecule has 3 heterocycles. The Hall–Kier alpha value is -3.39. The molecule has 2 atom stereocenters. The highest BCUT2D eigenvalue weighted by Gasteiger charge is 2.37. The van der Waals surface area contributed by atoms with Crippen LogP contribution in [0.25, 0.3) is 0 Å². The van der Waals surface area contributed by atoms with Crippen LogP contribution in [-0.4, -0.2) is 36.9 Å². The summed E-state index contributed by atoms with van der Waals surface area (Å²) >= 11 is 0. The van der Waals surface area contributed by atoms with Gasteiger partial charge in [-0.1, -0.05) is 36.4 Å². The second kappa shape index (κ2) is 7.94. The van der Waals surface area contributed by atoms with Gasteiger partial charge >= 0.3 is 0 Å². The zero-order valence-electron chi connectivity index (χ0n) is 17.3. The lowest BCUT2D eigenvalue weighted by atomic mass is 9.83. The quantitative estimate of drug-likeness (QED) is 0.663. The van der Waals surface area contributed by atoms with Crippen LogP contribution in [-0.2, 0) is 16.6 Å². The molecular formula is C24H23N3O4S. The lowest BCUT2D eigenvalue weighted by Gasteiger charge is -2.43. The van der Waals surface area contributed by atoms with Crippen molar-refractivity contribution < 1.29 is 13.2 Å². The number of nitrogens with zero attached hydrogens (tertiary/aromatic N) is 2. The van der Waals surface area contributed by atoms with Crippen LogP contribution in [0.5, 0.6) is 0 Å². The normalized spacial score (nSPS) is 19.8. The summed E-state index contributed by atoms with van der Waals surface area (Å²) in [6.45, 7) is 1.58. The summed E-state index contributed by atoms with van der Waals surface area (Å²) in [7, 11) is -3.85. The molecule has 2 aliphatic rings. The maximum atomic E-state index is 13.1. The summed E-state index contributed by atoms with van der Waals surface area (Å²) in [5.41, 5.74) is 1.20. The molecule has 1 N–H and O–H groups in total. The zero-order chi connectivity index (χ0) is 22.3. The molecule has 1 amide bonds. The van der Waals surface area contributed by atoms with Gasteiger partial charge in [-0.25, -0.2) is 8.42 Å². The zero-order valence-corrected chi connectivity index (χ0v) is 18.2. The third-order valence-corrected chi connectivity index (χ3v) is 7.59. The molecule has 0 spiro atoms. The van der Waals surface area contributed by atoms with Gasteiger partial charge in [-0.05, 0) is 48.7 Å². The van der Waals surface area contributed by atoms with Gasteiger partial charge in [0.15, 0.2) is 0 Å². The molecule has 2 unspecified atom stereocenters. The Balaban J connectivity index is 1.41. The molecule has 1 saturated heterocycles. The molecule has 2 aliphatic heterocycles. The number of anilines is 1. The second-order valence-electron chi connectivity index (χ2n) is 8.38. The average Bonchev–Trinajstić information content (AvgIpc) is 2.81. The van der Waals surface area contributed by atoms with Crippen molar-refractivity contribution in [2.45, 2.75) is 23.8 Å². The van der Waals surface area contributed by atoms with E-state index in [1.807, 2.05) is 41.3 Å². The molecule has 0 aliphatic carbocycles. The topological polar surface area (TPSA) is 88.5 Å². The lowest BCUT2D eigenvalue weighted by molar-refractivity contribution is 0.0594. The number of hydrogen-bond donors (Lipinski definition) is 1. The Morgan fingerprint density at radius 1 is 0.875 bits per heavy atom. The summed E-state index contributed by atoms with van der Waals surface area (Å²) in [6.07, 6.45) is 0.910. The van der Waals surface area contributed by atoms with Gasteiger partial charge in [0.1, 0.15) is 5.69 Å². The number of benzene rings is 2. The highest BCUT2D eigenvalue weighted by molar-refractivity contribution is 7.92. The predicted molar refractivity (Wildman–Crippen MR) is 121 cm³/mol. The number of carbonyl (C=O) groups excluding carboxylic acids is 1. The summed E-state index contributed by atoms with van der Waals surface area (Å²) in [6, 6.07) is 20.5. The fourth-order valence-electron chi connectivity index (χ4n) is 4.76. The molecule has 8 heteroatoms. The molecular weight excluding hydrogens is 426 g/mol. The minimum absolute atomic E-state index is 0.00309. The van der Waals surface area contributed by atoms with Crippen molar-refractivity contribution in [3.63, 3.8) is 0 Å². The van der Waals surface area contributed by atoms with Crippen molar-refractivity contribution in [3.05, 3.63) is 94.4 Å². The monoisotopic (exact) mass is 449 g/mol. The van der Waals surface area contributed by atoms with Crippen LogP contribution < -0.4 is 10.3 Å². The maximum absolute atomic E-state index is 13.1. The number of amides is 1. The summed E-state index contributed by atoms with van der Waals surface area (Å²) < 4.78 is 29.4. The van der Waals surface area contributed by atoms with Crippen molar-refractivity contribution in [2.75, 3.05) is 17.8 Å². The minimum Gasteiger partial charge on any atom is -0.338 e. The van der Waals surface area contributed by atoms with E-state index in [1.54, 1.807) is 22.8 Å². The third kappa shape index (κ3) is 3.71. The first-order chi connectivity index (χ1) is 15.4. The van der Waals surface area contributed by atoms with Crippen LogP contribution in [0.4, 0.5) is 5.69 Å². The van der Waals surface area contributed by atoms with Gasteiger partial charge in [0.05, 0.1) is 4.90 Å². The van der Waals surface area contributed by atoms with Crippen LogP contribution in [0.1, 0.15) is 28.4 Å². The van der Waals surface area contributed by atoms with Gasteiger partial charge in [0.2, 0.25) is 0 Å². The first-order valence-corrected chi connectivity index (χ1v) is 12.1. The molecule has 2 aromatic carbocycles. The van der Waals surface area contributed by atoms with Gasteiger partial charge < -0.3 is 9.47 Å². The maximum Gasteiger partial charge on any atom is 0.275 e. The van der Waals surface area contributed by atoms with Gasteiger partial charge in [-0.3, -0.25) is 14.3 Å². The Labute approximate surface area is 186 Å². The Morgan fingerprint density at radius 2 is 1.56 bits per heavy atom. The van der Waals surface area contributed by atoms with Crippen molar-refractivity contribution in [1.82, 2.24) is 9.47 Å². The van der Waals surface area contributed by atoms with Gasteiger partial charge in [-0.15, -0.1) is 0 Å². The van der Waals surface area contributed by atoms with E-state index in [9.17, 15) is 18.0 Å². The largest absolute Gasteiger partial charge is 0.338 e. The van der Waals surface area contributed by atoms with Gasteiger partial charge in [-0.2, -0.15) is 0 Å². The van der Waals surface area contributed by atoms with E-state index in [4.69, 9.17) is 0 Å². The molecule has 0 radical (unpaired) electrons. The van der Waals surface area contributed by atoms with Crippen molar-refractivity contribution in [3.8, 4) is 0 Å². The molecule has 3 aromatic rings. The lowest BCUT2D eigenvalue weighted by Crippen LogP contribution is -2.49. The number of fused-ring (bicyclic) bond motifs is 4. The van der Waals surface area contributed by atoms with E-state index in [0.29, 0.717) is 25.2 Å². The van der Waals surface area contributed by atoms with Crippen molar-refractivity contribution >= 4 is 21.6 Å². The highest BCUT2D eigenvalue weighted by Crippen LogP contribution is 2.36. The number of hydrogen-bond acceptors (Lipinski definition) is 4. The molecule has 7 nitrogen and oxygen atoms in total. The molecule has 1 aromatic heterocycles. The van der Waals surface area contributed by atoms with E-state index in [0.717, 1.165) is 12.1 Å². The number of piperidine rings is 1. The van der Waals surface area contributed by atoms with Crippen LogP contribution in [0.15, 0.2) is 82.5 Å². The molecule has 1 fully saturated rings. The van der Waals surface area contributed by atoms with E-state index < -0.39 is 10.0 Å². The fraction of sp³-hybridized carbons (Fsp3) is 0.250. The number of pyridine rings is 1. The van der Waals surface area contributed by atoms with Gasteiger partial charge in [0, 0.05) is 36.8 Å². The predicted octanol–water partition coefficient (Wildman–Crippen LogP) is 2.91. The SMILES string of the molecule is O=C(c1ccccc1)N1CC2CC(C1)c1ccc(NS(=O)(=O)c3ccccc3)c(=O)n1C2. The number of nitrogens with one attached hydrogen (secondary N) is 1. The number of aromatic nitrogens is 1. The van der Waals surface area contributed by atoms with E-state index in [2.05, 4.69) is 4.72 Å².